The lowest BCUT2D eigenvalue weighted by Gasteiger charge is -2.34. The second-order valence-electron chi connectivity index (χ2n) is 8.87. The molecule has 10 heteroatoms. The zero-order valence-electron chi connectivity index (χ0n) is 19.9. The molecule has 3 aliphatic rings. The van der Waals surface area contributed by atoms with Gasteiger partial charge in [0.15, 0.2) is 6.29 Å². The van der Waals surface area contributed by atoms with Gasteiger partial charge in [0, 0.05) is 56.6 Å². The average molecular weight is 484 g/mol. The van der Waals surface area contributed by atoms with Crippen molar-refractivity contribution in [2.24, 2.45) is 15.0 Å². The molecule has 35 heavy (non-hydrogen) atoms. The van der Waals surface area contributed by atoms with Crippen LogP contribution in [0.2, 0.25) is 0 Å². The average Bonchev–Trinajstić information content (AvgIpc) is 3.17. The second kappa shape index (κ2) is 10.9. The lowest BCUT2D eigenvalue weighted by atomic mass is 10.1. The number of fused-ring (bicyclic) bond motifs is 1. The predicted molar refractivity (Wildman–Crippen MR) is 137 cm³/mol. The number of aliphatic imine (C=N–C) groups is 3. The van der Waals surface area contributed by atoms with Crippen molar-refractivity contribution in [1.82, 2.24) is 10.2 Å². The van der Waals surface area contributed by atoms with Gasteiger partial charge in [-0.3, -0.25) is 14.8 Å². The molecule has 1 aliphatic carbocycles. The fourth-order valence-electron chi connectivity index (χ4n) is 4.38. The summed E-state index contributed by atoms with van der Waals surface area (Å²) in [6, 6.07) is 8.11. The standard InChI is InChI=1S/C25H31F2N7O/c1-28-15-19(16-35)24(32-22-8-3-18-9-10-25(26,27)23(18)31-22)30-17-29-20-4-6-21(7-5-20)34-13-11-33(2)12-14-34/h3-7,15-16,22,29H,1,8-14,17H2,2H3,(H,30,32)/b19-15-. The van der Waals surface area contributed by atoms with E-state index in [9.17, 15) is 13.6 Å². The molecular formula is C25H31F2N7O. The highest BCUT2D eigenvalue weighted by Gasteiger charge is 2.45. The van der Waals surface area contributed by atoms with Crippen molar-refractivity contribution in [3.63, 3.8) is 0 Å². The summed E-state index contributed by atoms with van der Waals surface area (Å²) in [6.45, 7) is 7.63. The molecule has 4 rings (SSSR count). The molecule has 1 saturated carbocycles. The van der Waals surface area contributed by atoms with Crippen LogP contribution in [0.25, 0.3) is 0 Å². The number of carbonyl (C=O) groups is 1. The van der Waals surface area contributed by atoms with Gasteiger partial charge in [-0.05, 0) is 50.0 Å². The first kappa shape index (κ1) is 24.7. The Morgan fingerprint density at radius 2 is 2.00 bits per heavy atom. The van der Waals surface area contributed by atoms with Crippen LogP contribution >= 0.6 is 0 Å². The number of rotatable bonds is 8. The van der Waals surface area contributed by atoms with Gasteiger partial charge in [0.2, 0.25) is 0 Å². The number of benzene rings is 1. The maximum atomic E-state index is 14.2. The summed E-state index contributed by atoms with van der Waals surface area (Å²) in [5.74, 6) is -2.70. The van der Waals surface area contributed by atoms with Crippen molar-refractivity contribution in [3.8, 4) is 0 Å². The molecule has 0 aromatic heterocycles. The Kier molecular flexibility index (Phi) is 7.70. The molecule has 0 radical (unpaired) electrons. The minimum Gasteiger partial charge on any atom is -0.369 e. The van der Waals surface area contributed by atoms with E-state index in [1.54, 1.807) is 6.08 Å². The van der Waals surface area contributed by atoms with Gasteiger partial charge < -0.3 is 20.4 Å². The lowest BCUT2D eigenvalue weighted by Crippen LogP contribution is -2.44. The van der Waals surface area contributed by atoms with E-state index in [0.29, 0.717) is 24.7 Å². The van der Waals surface area contributed by atoms with Crippen molar-refractivity contribution in [2.45, 2.75) is 31.4 Å². The van der Waals surface area contributed by atoms with E-state index >= 15 is 0 Å². The van der Waals surface area contributed by atoms with E-state index in [0.717, 1.165) is 31.9 Å². The van der Waals surface area contributed by atoms with Crippen LogP contribution in [-0.4, -0.2) is 81.4 Å². The Morgan fingerprint density at radius 1 is 1.26 bits per heavy atom. The van der Waals surface area contributed by atoms with Crippen LogP contribution < -0.4 is 15.5 Å². The molecule has 2 fully saturated rings. The first-order chi connectivity index (χ1) is 16.9. The number of nitrogens with zero attached hydrogens (tertiary/aromatic N) is 5. The number of halogens is 2. The van der Waals surface area contributed by atoms with Gasteiger partial charge in [0.1, 0.15) is 24.4 Å². The van der Waals surface area contributed by atoms with Gasteiger partial charge >= 0.3 is 0 Å². The number of carbonyl (C=O) groups excluding carboxylic acids is 1. The highest BCUT2D eigenvalue weighted by atomic mass is 19.3. The molecule has 186 valence electrons. The summed E-state index contributed by atoms with van der Waals surface area (Å²) in [4.78, 5) is 28.6. The normalized spacial score (nSPS) is 22.7. The Morgan fingerprint density at radius 3 is 2.69 bits per heavy atom. The molecule has 0 bridgehead atoms. The molecule has 0 spiro atoms. The number of anilines is 2. The smallest absolute Gasteiger partial charge is 0.289 e. The number of likely N-dealkylation sites (N-methyl/N-ethyl adjacent to an activating group) is 1. The maximum absolute atomic E-state index is 14.2. The fourth-order valence-corrected chi connectivity index (χ4v) is 4.38. The highest BCUT2D eigenvalue weighted by Crippen LogP contribution is 2.38. The summed E-state index contributed by atoms with van der Waals surface area (Å²) in [5.41, 5.74) is 2.65. The van der Waals surface area contributed by atoms with Crippen molar-refractivity contribution in [2.75, 3.05) is 50.1 Å². The van der Waals surface area contributed by atoms with Crippen LogP contribution in [0, 0.1) is 0 Å². The minimum absolute atomic E-state index is 0.166. The first-order valence-corrected chi connectivity index (χ1v) is 11.7. The number of amidine groups is 1. The third-order valence-electron chi connectivity index (χ3n) is 6.42. The van der Waals surface area contributed by atoms with Crippen LogP contribution in [0.5, 0.6) is 0 Å². The van der Waals surface area contributed by atoms with E-state index in [2.05, 4.69) is 61.3 Å². The topological polar surface area (TPSA) is 84.7 Å². The zero-order chi connectivity index (χ0) is 24.8. The van der Waals surface area contributed by atoms with Crippen molar-refractivity contribution < 1.29 is 13.6 Å². The SMILES string of the molecule is C=N/C=C(C=O)\C(=N/CNc1ccc(N2CCN(C)CC2)cc1)NC1CC=C2CCC(F)(F)C2=N1. The summed E-state index contributed by atoms with van der Waals surface area (Å²) in [5, 5.41) is 6.24. The molecule has 2 heterocycles. The molecule has 1 aromatic carbocycles. The lowest BCUT2D eigenvalue weighted by molar-refractivity contribution is -0.104. The van der Waals surface area contributed by atoms with Crippen LogP contribution in [0.3, 0.4) is 0 Å². The van der Waals surface area contributed by atoms with E-state index < -0.39 is 12.1 Å². The van der Waals surface area contributed by atoms with Crippen LogP contribution in [0.15, 0.2) is 62.7 Å². The van der Waals surface area contributed by atoms with Crippen molar-refractivity contribution >= 4 is 35.9 Å². The van der Waals surface area contributed by atoms with Crippen molar-refractivity contribution in [1.29, 1.82) is 0 Å². The number of dihydropyridines is 1. The molecule has 1 aromatic rings. The van der Waals surface area contributed by atoms with Gasteiger partial charge in [0.25, 0.3) is 5.92 Å². The van der Waals surface area contributed by atoms with Crippen LogP contribution in [0.1, 0.15) is 19.3 Å². The zero-order valence-corrected chi connectivity index (χ0v) is 19.9. The van der Waals surface area contributed by atoms with Crippen molar-refractivity contribution in [3.05, 3.63) is 47.7 Å². The number of alkyl halides is 2. The van der Waals surface area contributed by atoms with Gasteiger partial charge in [-0.25, -0.2) is 4.99 Å². The Bertz CT molecular complexity index is 1050. The number of nitrogens with one attached hydrogen (secondary N) is 2. The molecule has 1 unspecified atom stereocenters. The second-order valence-corrected chi connectivity index (χ2v) is 8.87. The van der Waals surface area contributed by atoms with Gasteiger partial charge in [-0.1, -0.05) is 6.08 Å². The van der Waals surface area contributed by atoms with E-state index in [4.69, 9.17) is 0 Å². The van der Waals surface area contributed by atoms with Gasteiger partial charge in [0.05, 0.1) is 5.57 Å². The predicted octanol–water partition coefficient (Wildman–Crippen LogP) is 3.11. The molecule has 2 N–H and O–H groups in total. The Labute approximate surface area is 204 Å². The number of hydrogen-bond donors (Lipinski definition) is 2. The Hall–Kier alpha value is -3.40. The number of aldehydes is 1. The number of hydrogen-bond acceptors (Lipinski definition) is 7. The molecule has 2 aliphatic heterocycles. The van der Waals surface area contributed by atoms with E-state index in [-0.39, 0.29) is 30.2 Å². The van der Waals surface area contributed by atoms with Crippen LogP contribution in [0.4, 0.5) is 20.2 Å². The summed E-state index contributed by atoms with van der Waals surface area (Å²) < 4.78 is 28.3. The fraction of sp³-hybridized carbons (Fsp3) is 0.440. The quantitative estimate of drug-likeness (QED) is 0.257. The van der Waals surface area contributed by atoms with Gasteiger partial charge in [-0.2, -0.15) is 8.78 Å². The first-order valence-electron chi connectivity index (χ1n) is 11.7. The van der Waals surface area contributed by atoms with E-state index in [1.165, 1.54) is 11.9 Å². The number of allylic oxidation sites excluding steroid dienone is 1. The van der Waals surface area contributed by atoms with E-state index in [1.807, 2.05) is 12.1 Å². The summed E-state index contributed by atoms with van der Waals surface area (Å²) in [6.07, 6.45) is 3.57. The van der Waals surface area contributed by atoms with Crippen LogP contribution in [-0.2, 0) is 4.79 Å². The summed E-state index contributed by atoms with van der Waals surface area (Å²) >= 11 is 0. The summed E-state index contributed by atoms with van der Waals surface area (Å²) in [7, 11) is 2.13. The Balaban J connectivity index is 1.42. The third-order valence-corrected chi connectivity index (χ3v) is 6.42. The molecule has 0 amide bonds. The molecule has 8 nitrogen and oxygen atoms in total. The maximum Gasteiger partial charge on any atom is 0.289 e. The molecule has 1 saturated heterocycles. The van der Waals surface area contributed by atoms with Gasteiger partial charge in [-0.15, -0.1) is 0 Å². The molecular weight excluding hydrogens is 452 g/mol. The third kappa shape index (κ3) is 6.00. The molecule has 1 atom stereocenters. The minimum atomic E-state index is -2.92. The number of piperazine rings is 1. The largest absolute Gasteiger partial charge is 0.369 e. The monoisotopic (exact) mass is 483 g/mol. The highest BCUT2D eigenvalue weighted by molar-refractivity contribution is 6.14.